The largest absolute Gasteiger partial charge is 0.457 e. The van der Waals surface area contributed by atoms with Gasteiger partial charge in [-0.1, -0.05) is 109 Å². The van der Waals surface area contributed by atoms with Gasteiger partial charge < -0.3 is 4.42 Å². The van der Waals surface area contributed by atoms with Crippen molar-refractivity contribution in [3.05, 3.63) is 0 Å². The zero-order chi connectivity index (χ0) is 59.6. The van der Waals surface area contributed by atoms with E-state index in [9.17, 15) is 0 Å². The van der Waals surface area contributed by atoms with Crippen LogP contribution < -0.4 is 164 Å². The maximum Gasteiger partial charge on any atom is 0.145 e. The zero-order valence-electron chi connectivity index (χ0n) is 55.4. The first-order valence-corrected chi connectivity index (χ1v) is 30.2. The van der Waals surface area contributed by atoms with E-state index in [4.69, 9.17) is 4.42 Å². The van der Waals surface area contributed by atoms with E-state index in [1.165, 1.54) is 262 Å². The van der Waals surface area contributed by atoms with Crippen molar-refractivity contribution in [1.29, 1.82) is 0 Å². The highest BCUT2D eigenvalue weighted by atomic mass is 16.3. The third-order valence-corrected chi connectivity index (χ3v) is 23.5. The van der Waals surface area contributed by atoms with Crippen LogP contribution in [0.1, 0.15) is 0 Å². The summed E-state index contributed by atoms with van der Waals surface area (Å²) in [5.41, 5.74) is 51.3. The lowest BCUT2D eigenvalue weighted by atomic mass is 9.55. The Balaban J connectivity index is 1.40. The topological polar surface area (TPSA) is 13.1 Å². The predicted molar refractivity (Wildman–Crippen MR) is 463 cm³/mol. The van der Waals surface area contributed by atoms with Crippen molar-refractivity contribution in [2.75, 3.05) is 0 Å². The number of hydrogen-bond acceptors (Lipinski definition) is 1. The Morgan fingerprint density at radius 3 is 0.691 bits per heavy atom. The molecule has 0 radical (unpaired) electrons. The maximum atomic E-state index is 7.49. The molecule has 10 aromatic carbocycles. The Hall–Kier alpha value is -4.75. The van der Waals surface area contributed by atoms with Gasteiger partial charge in [-0.25, -0.2) is 0 Å². The summed E-state index contributed by atoms with van der Waals surface area (Å²) < 4.78 is 7.49. The second-order valence-electron chi connectivity index (χ2n) is 26.3. The lowest BCUT2D eigenvalue weighted by molar-refractivity contribution is 0.675. The fourth-order valence-electron chi connectivity index (χ4n) is 16.5. The lowest BCUT2D eigenvalue weighted by Gasteiger charge is -2.32. The van der Waals surface area contributed by atoms with E-state index in [0.717, 1.165) is 11.2 Å². The van der Waals surface area contributed by atoms with Crippen LogP contribution in [0.2, 0.25) is 0 Å². The van der Waals surface area contributed by atoms with E-state index >= 15 is 0 Å². The molecule has 0 unspecified atom stereocenters. The van der Waals surface area contributed by atoms with Gasteiger partial charge >= 0.3 is 0 Å². The van der Waals surface area contributed by atoms with Crippen molar-refractivity contribution in [3.63, 3.8) is 0 Å². The van der Waals surface area contributed by atoms with E-state index in [-0.39, 0.29) is 0 Å². The molecular formula is C50H60B30O. The molecule has 11 aromatic rings. The highest BCUT2D eigenvalue weighted by Gasteiger charge is 2.33. The Morgan fingerprint density at radius 1 is 0.111 bits per heavy atom. The molecule has 0 atom stereocenters. The van der Waals surface area contributed by atoms with Gasteiger partial charge in [-0.05, 0) is 92.7 Å². The number of hydrogen-bond donors (Lipinski definition) is 0. The van der Waals surface area contributed by atoms with Crippen LogP contribution in [0.5, 0.6) is 0 Å². The highest BCUT2D eigenvalue weighted by molar-refractivity contribution is 6.79. The molecule has 0 spiro atoms. The van der Waals surface area contributed by atoms with Crippen LogP contribution in [0.4, 0.5) is 0 Å². The molecule has 0 aliphatic rings. The average Bonchev–Trinajstić information content (AvgIpc) is 3.34. The molecule has 356 valence electrons. The summed E-state index contributed by atoms with van der Waals surface area (Å²) in [7, 11) is 71.5. The molecule has 0 saturated heterocycles. The van der Waals surface area contributed by atoms with Crippen LogP contribution in [0.25, 0.3) is 109 Å². The van der Waals surface area contributed by atoms with Gasteiger partial charge in [-0.3, -0.25) is 0 Å². The molecule has 1 nitrogen and oxygen atoms in total. The van der Waals surface area contributed by atoms with E-state index in [0.29, 0.717) is 0 Å². The van der Waals surface area contributed by atoms with Gasteiger partial charge in [0.25, 0.3) is 0 Å². The Morgan fingerprint density at radius 2 is 0.321 bits per heavy atom. The minimum atomic E-state index is 1.02. The van der Waals surface area contributed by atoms with Gasteiger partial charge in [0.05, 0.1) is 0 Å². The van der Waals surface area contributed by atoms with Gasteiger partial charge in [0.2, 0.25) is 0 Å². The van der Waals surface area contributed by atoms with Crippen LogP contribution >= 0.6 is 0 Å². The first-order chi connectivity index (χ1) is 37.8. The lowest BCUT2D eigenvalue weighted by Crippen LogP contribution is -2.52. The Kier molecular flexibility index (Phi) is 13.9. The molecule has 0 fully saturated rings. The Labute approximate surface area is 509 Å². The second kappa shape index (κ2) is 19.4. The maximum absolute atomic E-state index is 7.49. The van der Waals surface area contributed by atoms with Gasteiger partial charge in [0.1, 0.15) is 247 Å². The smallest absolute Gasteiger partial charge is 0.145 e. The van der Waals surface area contributed by atoms with Crippen molar-refractivity contribution < 1.29 is 4.42 Å². The zero-order valence-corrected chi connectivity index (χ0v) is 55.4. The number of furan rings is 1. The van der Waals surface area contributed by atoms with E-state index in [1.54, 1.807) is 0 Å². The molecule has 0 bridgehead atoms. The summed E-state index contributed by atoms with van der Waals surface area (Å²) in [4.78, 5) is 0. The van der Waals surface area contributed by atoms with Gasteiger partial charge in [-0.15, -0.1) is 49.2 Å². The molecule has 1 aromatic heterocycles. The molecule has 0 saturated carbocycles. The summed E-state index contributed by atoms with van der Waals surface area (Å²) in [5, 5.41) is 16.5. The van der Waals surface area contributed by atoms with Crippen molar-refractivity contribution in [2.24, 2.45) is 0 Å². The fourth-order valence-corrected chi connectivity index (χ4v) is 16.5. The summed E-state index contributed by atoms with van der Waals surface area (Å²) in [6.07, 6.45) is 0. The summed E-state index contributed by atoms with van der Waals surface area (Å²) >= 11 is 0. The highest BCUT2D eigenvalue weighted by Crippen LogP contribution is 2.43. The van der Waals surface area contributed by atoms with E-state index in [1.807, 2.05) is 0 Å². The molecule has 0 aliphatic carbocycles. The molecule has 81 heavy (non-hydrogen) atoms. The van der Waals surface area contributed by atoms with Crippen molar-refractivity contribution in [3.8, 4) is 33.4 Å². The minimum absolute atomic E-state index is 1.02. The van der Waals surface area contributed by atoms with Crippen LogP contribution in [0, 0.1) is 0 Å². The third-order valence-electron chi connectivity index (χ3n) is 23.5. The minimum Gasteiger partial charge on any atom is -0.457 e. The molecule has 1 heterocycles. The standard InChI is InChI=1S/C50H60B30O/c51-19-16-17(36(68)46(78)45(77)35(16)67)37(69)50-18(19)11-8(24(56)47(79)48(80)49(11)81-50)1-4-6(22(54)41(73)39(71)20(4)52)2(7-5(1)21(53)40(72)42(74)23(7)55)12-27(59)30(62)14(31(63)28(12)60)9-3-10-15(34(66)44(76)43(75)26(10)58)32(64)29(61)13(3)33(65)38(70)25(9)57/h51-80H2. The van der Waals surface area contributed by atoms with Gasteiger partial charge in [-0.2, -0.15) is 0 Å². The molecule has 11 rings (SSSR count). The van der Waals surface area contributed by atoms with Gasteiger partial charge in [0.15, 0.2) is 0 Å². The van der Waals surface area contributed by atoms with E-state index < -0.39 is 0 Å². The molecule has 31 heteroatoms. The number of benzene rings is 10. The molecular weight excluding hydrogens is 941 g/mol. The van der Waals surface area contributed by atoms with Crippen LogP contribution in [0.3, 0.4) is 0 Å². The fraction of sp³-hybridized carbons (Fsp3) is 0. The van der Waals surface area contributed by atoms with Crippen LogP contribution in [0.15, 0.2) is 4.42 Å². The van der Waals surface area contributed by atoms with Crippen LogP contribution in [-0.2, 0) is 0 Å². The third kappa shape index (κ3) is 7.30. The average molecular weight is 1000 g/mol. The number of rotatable bonds is 3. The van der Waals surface area contributed by atoms with Crippen LogP contribution in [-0.4, -0.2) is 235 Å². The first-order valence-electron chi connectivity index (χ1n) is 30.2. The monoisotopic (exact) mass is 1010 g/mol. The molecule has 0 amide bonds. The molecule has 0 N–H and O–H groups in total. The SMILES string of the molecule is Bc1c(B)c(-c2c(B)c(B)c(B)c3c(B)c(B)c4c(B)c(B)c(B)c(B)c4c23)c(B)c(B)c1-c1c2c(B)c(B)c(B)c(B)c2c(-c2c(B)c(B)c(B)c3oc4c(B)c5c(B)c(B)c(B)c(B)c5c(B)c4c23)c2c(B)c(B)c(B)c(B)c12. The first kappa shape index (κ1) is 58.0. The second-order valence-corrected chi connectivity index (χ2v) is 26.3. The van der Waals surface area contributed by atoms with Gasteiger partial charge in [0, 0.05) is 10.8 Å². The summed E-state index contributed by atoms with van der Waals surface area (Å²) in [6, 6.07) is 0. The predicted octanol–water partition coefficient (Wildman–Crippen LogP) is -37.9. The Bertz CT molecular complexity index is 4820. The van der Waals surface area contributed by atoms with Crippen molar-refractivity contribution in [2.45, 2.75) is 0 Å². The van der Waals surface area contributed by atoms with E-state index in [2.05, 4.69) is 235 Å². The van der Waals surface area contributed by atoms with Crippen molar-refractivity contribution in [1.82, 2.24) is 0 Å². The normalized spacial score (nSPS) is 12.0. The summed E-state index contributed by atoms with van der Waals surface area (Å²) in [6.45, 7) is 0. The van der Waals surface area contributed by atoms with Crippen molar-refractivity contribution >= 4 is 475 Å². The summed E-state index contributed by atoms with van der Waals surface area (Å²) in [5.74, 6) is 0. The molecule has 0 aliphatic heterocycles. The quantitative estimate of drug-likeness (QED) is 0.0977. The number of fused-ring (bicyclic) bond motifs is 9.